The molecule has 0 saturated heterocycles. The van der Waals surface area contributed by atoms with Crippen molar-refractivity contribution >= 4 is 16.3 Å². The summed E-state index contributed by atoms with van der Waals surface area (Å²) in [5.41, 5.74) is 2.51. The second-order valence-electron chi connectivity index (χ2n) is 12.9. The molecule has 0 aromatic heterocycles. The second kappa shape index (κ2) is 16.6. The Labute approximate surface area is 328 Å². The van der Waals surface area contributed by atoms with E-state index < -0.39 is 16.3 Å². The summed E-state index contributed by atoms with van der Waals surface area (Å²) in [6.45, 7) is 2.05. The summed E-state index contributed by atoms with van der Waals surface area (Å²) in [4.78, 5) is 18.2. The van der Waals surface area contributed by atoms with E-state index in [-0.39, 0.29) is 11.3 Å². The van der Waals surface area contributed by atoms with Crippen molar-refractivity contribution in [3.05, 3.63) is 223 Å². The Balaban J connectivity index is 1.42. The minimum absolute atomic E-state index is 0.241. The first-order valence-electron chi connectivity index (χ1n) is 18.3. The van der Waals surface area contributed by atoms with Gasteiger partial charge in [-0.2, -0.15) is 0 Å². The van der Waals surface area contributed by atoms with Gasteiger partial charge in [0.1, 0.15) is 17.2 Å². The molecule has 0 aliphatic heterocycles. The number of aryl methyl sites for hydroxylation is 1. The summed E-state index contributed by atoms with van der Waals surface area (Å²) in [5, 5.41) is 0. The Bertz CT molecular complexity index is 2490. The summed E-state index contributed by atoms with van der Waals surface area (Å²) in [7, 11) is -2.67. The molecule has 8 rings (SSSR count). The molecule has 5 nitrogen and oxygen atoms in total. The van der Waals surface area contributed by atoms with Crippen molar-refractivity contribution in [3.63, 3.8) is 0 Å². The zero-order valence-corrected chi connectivity index (χ0v) is 31.5. The van der Waals surface area contributed by atoms with Crippen molar-refractivity contribution in [1.29, 1.82) is 0 Å². The highest BCUT2D eigenvalue weighted by Gasteiger charge is 2.38. The fourth-order valence-electron chi connectivity index (χ4n) is 6.50. The summed E-state index contributed by atoms with van der Waals surface area (Å²) < 4.78 is 27.3. The van der Waals surface area contributed by atoms with E-state index >= 15 is 4.79 Å². The molecule has 8 aromatic rings. The number of carbonyl (C=O) groups excluding carboxylic acids is 1. The lowest BCUT2D eigenvalue weighted by molar-refractivity contribution is 0.0757. The minimum atomic E-state index is -2.67. The van der Waals surface area contributed by atoms with Crippen LogP contribution in [0.15, 0.2) is 227 Å². The van der Waals surface area contributed by atoms with Gasteiger partial charge in [-0.1, -0.05) is 133 Å². The van der Waals surface area contributed by atoms with Gasteiger partial charge in [-0.05, 0) is 101 Å². The third kappa shape index (κ3) is 7.65. The van der Waals surface area contributed by atoms with Gasteiger partial charge in [0, 0.05) is 26.3 Å². The Morgan fingerprint density at radius 3 is 1.36 bits per heavy atom. The number of para-hydroxylation sites is 3. The van der Waals surface area contributed by atoms with E-state index in [0.717, 1.165) is 25.8 Å². The Morgan fingerprint density at radius 2 is 0.857 bits per heavy atom. The van der Waals surface area contributed by atoms with E-state index in [2.05, 4.69) is 6.07 Å². The van der Waals surface area contributed by atoms with Gasteiger partial charge in [0.05, 0.1) is 5.56 Å². The number of carbonyl (C=O) groups is 1. The predicted molar refractivity (Wildman–Crippen MR) is 223 cm³/mol. The monoisotopic (exact) mass is 750 g/mol. The molecule has 0 aliphatic carbocycles. The number of ether oxygens (including phenoxy) is 3. The average molecular weight is 751 g/mol. The van der Waals surface area contributed by atoms with Crippen LogP contribution in [0.1, 0.15) is 15.9 Å². The number of rotatable bonds is 12. The molecular formula is C50H38O5S. The first-order valence-corrected chi connectivity index (χ1v) is 19.8. The van der Waals surface area contributed by atoms with Gasteiger partial charge in [-0.25, -0.2) is 4.79 Å². The Kier molecular flexibility index (Phi) is 10.6. The molecule has 0 bridgehead atoms. The van der Waals surface area contributed by atoms with Gasteiger partial charge in [-0.3, -0.25) is 0 Å². The minimum Gasteiger partial charge on any atom is -0.453 e. The third-order valence-corrected chi connectivity index (χ3v) is 12.2. The van der Waals surface area contributed by atoms with Crippen LogP contribution in [0.4, 0.5) is 0 Å². The maximum absolute atomic E-state index is 15.6. The van der Waals surface area contributed by atoms with E-state index in [1.807, 2.05) is 207 Å². The Hall–Kier alpha value is -7.02. The predicted octanol–water partition coefficient (Wildman–Crippen LogP) is 14.1. The highest BCUT2D eigenvalue weighted by atomic mass is 32.3. The molecule has 0 saturated carbocycles. The van der Waals surface area contributed by atoms with Crippen LogP contribution >= 0.6 is 10.3 Å². The normalized spacial score (nSPS) is 11.3. The van der Waals surface area contributed by atoms with E-state index in [1.54, 1.807) is 6.07 Å². The lowest BCUT2D eigenvalue weighted by Gasteiger charge is -2.40. The number of hydrogen-bond acceptors (Lipinski definition) is 5. The summed E-state index contributed by atoms with van der Waals surface area (Å²) in [6, 6.07) is 67.9. The topological polar surface area (TPSA) is 54.0 Å². The van der Waals surface area contributed by atoms with E-state index in [9.17, 15) is 0 Å². The molecule has 0 radical (unpaired) electrons. The van der Waals surface area contributed by atoms with Crippen LogP contribution in [0.2, 0.25) is 0 Å². The van der Waals surface area contributed by atoms with Gasteiger partial charge in [-0.15, -0.1) is 0 Å². The maximum Gasteiger partial charge on any atom is 0.350 e. The quantitative estimate of drug-likeness (QED) is 0.124. The molecule has 0 heterocycles. The molecular weight excluding hydrogens is 713 g/mol. The van der Waals surface area contributed by atoms with E-state index in [0.29, 0.717) is 34.3 Å². The molecule has 0 amide bonds. The fraction of sp³-hybridized carbons (Fsp3) is 0.0200. The van der Waals surface area contributed by atoms with Crippen LogP contribution in [0, 0.1) is 6.92 Å². The number of benzene rings is 8. The molecule has 0 aliphatic rings. The standard InChI is InChI=1S/C50H38O5S/c1-37-21-20-34-44(35-37)56(42-30-16-6-17-31-42,43-32-18-7-19-33-43)55-50(51)45-36-46(52-39-24-10-3-11-25-39)48(53-40-26-12-4-13-27-40)49(54-41-28-14-5-15-29-41)47(45)38-22-8-2-9-23-38/h2-36H,1H3. The first kappa shape index (κ1) is 36.0. The van der Waals surface area contributed by atoms with Crippen molar-refractivity contribution in [1.82, 2.24) is 0 Å². The smallest absolute Gasteiger partial charge is 0.350 e. The Morgan fingerprint density at radius 1 is 0.429 bits per heavy atom. The van der Waals surface area contributed by atoms with Crippen molar-refractivity contribution < 1.29 is 23.2 Å². The van der Waals surface area contributed by atoms with Gasteiger partial charge in [0.2, 0.25) is 5.75 Å². The highest BCUT2D eigenvalue weighted by molar-refractivity contribution is 8.30. The van der Waals surface area contributed by atoms with Crippen molar-refractivity contribution in [2.45, 2.75) is 21.6 Å². The zero-order chi connectivity index (χ0) is 38.2. The summed E-state index contributed by atoms with van der Waals surface area (Å²) >= 11 is 0. The van der Waals surface area contributed by atoms with Crippen LogP contribution in [0.5, 0.6) is 34.5 Å². The molecule has 274 valence electrons. The molecule has 0 atom stereocenters. The van der Waals surface area contributed by atoms with E-state index in [1.165, 1.54) is 0 Å². The molecule has 0 N–H and O–H groups in total. The SMILES string of the molecule is Cc1cccc(S(OC(=O)c2cc(Oc3ccccc3)c(Oc3ccccc3)c(Oc3ccccc3)c2-c2ccccc2)(c2ccccc2)c2ccccc2)c1. The van der Waals surface area contributed by atoms with Crippen LogP contribution in [0.3, 0.4) is 0 Å². The van der Waals surface area contributed by atoms with Crippen molar-refractivity contribution in [2.24, 2.45) is 0 Å². The first-order chi connectivity index (χ1) is 27.6. The zero-order valence-electron chi connectivity index (χ0n) is 30.7. The number of hydrogen-bond donors (Lipinski definition) is 0. The van der Waals surface area contributed by atoms with Gasteiger partial charge in [0.25, 0.3) is 0 Å². The second-order valence-corrected chi connectivity index (χ2v) is 15.6. The van der Waals surface area contributed by atoms with Crippen molar-refractivity contribution in [2.75, 3.05) is 0 Å². The van der Waals surface area contributed by atoms with E-state index in [4.69, 9.17) is 18.4 Å². The molecule has 56 heavy (non-hydrogen) atoms. The van der Waals surface area contributed by atoms with Crippen LogP contribution in [-0.2, 0) is 4.18 Å². The average Bonchev–Trinajstić information content (AvgIpc) is 3.25. The molecule has 0 unspecified atom stereocenters. The van der Waals surface area contributed by atoms with Gasteiger partial charge in [0.15, 0.2) is 11.5 Å². The largest absolute Gasteiger partial charge is 0.453 e. The molecule has 0 spiro atoms. The lowest BCUT2D eigenvalue weighted by atomic mass is 9.97. The third-order valence-electron chi connectivity index (χ3n) is 9.05. The van der Waals surface area contributed by atoms with Crippen molar-refractivity contribution in [3.8, 4) is 45.6 Å². The fourth-order valence-corrected chi connectivity index (χ4v) is 9.62. The van der Waals surface area contributed by atoms with Crippen LogP contribution in [0.25, 0.3) is 11.1 Å². The van der Waals surface area contributed by atoms with Crippen LogP contribution < -0.4 is 14.2 Å². The summed E-state index contributed by atoms with van der Waals surface area (Å²) in [6.07, 6.45) is 0. The maximum atomic E-state index is 15.6. The molecule has 8 aromatic carbocycles. The highest BCUT2D eigenvalue weighted by Crippen LogP contribution is 2.69. The molecule has 6 heteroatoms. The summed E-state index contributed by atoms with van der Waals surface area (Å²) in [5.74, 6) is 1.96. The lowest BCUT2D eigenvalue weighted by Crippen LogP contribution is -2.15. The van der Waals surface area contributed by atoms with Crippen LogP contribution in [-0.4, -0.2) is 5.97 Å². The van der Waals surface area contributed by atoms with Gasteiger partial charge < -0.3 is 18.4 Å². The van der Waals surface area contributed by atoms with Gasteiger partial charge >= 0.3 is 5.97 Å². The molecule has 0 fully saturated rings.